The third-order valence-corrected chi connectivity index (χ3v) is 2.78. The molecule has 0 aromatic carbocycles. The van der Waals surface area contributed by atoms with Crippen LogP contribution in [-0.4, -0.2) is 23.5 Å². The zero-order valence-corrected chi connectivity index (χ0v) is 9.70. The monoisotopic (exact) mass is 280 g/mol. The average Bonchev–Trinajstić information content (AvgIpc) is 2.33. The topological polar surface area (TPSA) is 27.1 Å². The summed E-state index contributed by atoms with van der Waals surface area (Å²) in [6.45, 7) is 4.86. The van der Waals surface area contributed by atoms with Gasteiger partial charge in [-0.25, -0.2) is 0 Å². The van der Waals surface area contributed by atoms with Gasteiger partial charge in [0, 0.05) is 18.9 Å². The van der Waals surface area contributed by atoms with Crippen molar-refractivity contribution < 1.29 is 4.74 Å². The summed E-state index contributed by atoms with van der Waals surface area (Å²) in [6.07, 6.45) is 2.05. The molecule has 1 heterocycles. The summed E-state index contributed by atoms with van der Waals surface area (Å²) in [7, 11) is 1.71. The van der Waals surface area contributed by atoms with Gasteiger partial charge in [-0.3, -0.25) is 4.68 Å². The van der Waals surface area contributed by atoms with Crippen LogP contribution in [0.25, 0.3) is 0 Å². The van der Waals surface area contributed by atoms with Crippen molar-refractivity contribution in [1.29, 1.82) is 0 Å². The maximum atomic E-state index is 5.04. The normalized spacial score (nSPS) is 13.3. The Morgan fingerprint density at radius 1 is 1.75 bits per heavy atom. The molecule has 1 rings (SSSR count). The van der Waals surface area contributed by atoms with E-state index in [4.69, 9.17) is 4.74 Å². The van der Waals surface area contributed by atoms with Gasteiger partial charge in [0.15, 0.2) is 0 Å². The van der Waals surface area contributed by atoms with Crippen molar-refractivity contribution in [3.63, 3.8) is 0 Å². The summed E-state index contributed by atoms with van der Waals surface area (Å²) in [4.78, 5) is 0. The molecule has 1 aromatic rings. The molecule has 0 radical (unpaired) electrons. The van der Waals surface area contributed by atoms with E-state index in [9.17, 15) is 0 Å². The summed E-state index contributed by atoms with van der Waals surface area (Å²) in [5.74, 6) is 0. The summed E-state index contributed by atoms with van der Waals surface area (Å²) in [6, 6.07) is 0.317. The molecule has 3 nitrogen and oxygen atoms in total. The van der Waals surface area contributed by atoms with E-state index in [1.54, 1.807) is 7.11 Å². The lowest BCUT2D eigenvalue weighted by molar-refractivity contribution is 0.157. The average molecular weight is 280 g/mol. The molecule has 68 valence electrons. The van der Waals surface area contributed by atoms with Crippen molar-refractivity contribution >= 4 is 22.6 Å². The van der Waals surface area contributed by atoms with Crippen LogP contribution in [0.3, 0.4) is 0 Å². The van der Waals surface area contributed by atoms with Gasteiger partial charge in [0.05, 0.1) is 12.6 Å². The van der Waals surface area contributed by atoms with Crippen molar-refractivity contribution in [1.82, 2.24) is 9.78 Å². The molecule has 1 atom stereocenters. The Bertz CT molecular complexity index is 240. The SMILES string of the molecule is COCC(C)n1cc(C)c(I)n1. The van der Waals surface area contributed by atoms with Crippen LogP contribution in [0.1, 0.15) is 18.5 Å². The number of rotatable bonds is 3. The van der Waals surface area contributed by atoms with E-state index in [-0.39, 0.29) is 0 Å². The Morgan fingerprint density at radius 2 is 2.42 bits per heavy atom. The fourth-order valence-electron chi connectivity index (χ4n) is 1.00. The molecule has 0 aliphatic heterocycles. The predicted octanol–water partition coefficient (Wildman–Crippen LogP) is 2.00. The number of halogens is 1. The van der Waals surface area contributed by atoms with E-state index in [0.717, 1.165) is 3.70 Å². The number of aromatic nitrogens is 2. The number of hydrogen-bond donors (Lipinski definition) is 0. The van der Waals surface area contributed by atoms with E-state index in [1.165, 1.54) is 5.56 Å². The van der Waals surface area contributed by atoms with Crippen LogP contribution in [0.5, 0.6) is 0 Å². The van der Waals surface area contributed by atoms with Crippen LogP contribution < -0.4 is 0 Å². The molecule has 1 unspecified atom stereocenters. The Labute approximate surface area is 86.2 Å². The largest absolute Gasteiger partial charge is 0.382 e. The molecule has 0 aliphatic carbocycles. The first-order chi connectivity index (χ1) is 5.65. The van der Waals surface area contributed by atoms with Crippen LogP contribution in [0.2, 0.25) is 0 Å². The maximum Gasteiger partial charge on any atom is 0.126 e. The molecule has 1 aromatic heterocycles. The lowest BCUT2D eigenvalue weighted by atomic mass is 10.3. The standard InChI is InChI=1S/C8H13IN2O/c1-6-4-11(10-8(6)9)7(2)5-12-3/h4,7H,5H2,1-3H3. The highest BCUT2D eigenvalue weighted by molar-refractivity contribution is 14.1. The van der Waals surface area contributed by atoms with Gasteiger partial charge >= 0.3 is 0 Å². The predicted molar refractivity (Wildman–Crippen MR) is 56.3 cm³/mol. The summed E-state index contributed by atoms with van der Waals surface area (Å²) < 4.78 is 8.05. The molecule has 0 aliphatic rings. The molecule has 12 heavy (non-hydrogen) atoms. The molecule has 4 heteroatoms. The van der Waals surface area contributed by atoms with E-state index in [0.29, 0.717) is 12.6 Å². The van der Waals surface area contributed by atoms with Gasteiger partial charge in [-0.1, -0.05) is 0 Å². The highest BCUT2D eigenvalue weighted by Crippen LogP contribution is 2.12. The number of aryl methyl sites for hydroxylation is 1. The van der Waals surface area contributed by atoms with Crippen LogP contribution in [0, 0.1) is 10.6 Å². The van der Waals surface area contributed by atoms with Gasteiger partial charge in [-0.15, -0.1) is 0 Å². The summed E-state index contributed by atoms with van der Waals surface area (Å²) >= 11 is 2.23. The van der Waals surface area contributed by atoms with E-state index in [2.05, 4.69) is 41.5 Å². The Kier molecular flexibility index (Phi) is 3.52. The second-order valence-electron chi connectivity index (χ2n) is 2.89. The van der Waals surface area contributed by atoms with Crippen LogP contribution in [0.4, 0.5) is 0 Å². The van der Waals surface area contributed by atoms with Crippen molar-refractivity contribution in [2.24, 2.45) is 0 Å². The second-order valence-corrected chi connectivity index (χ2v) is 3.91. The molecule has 0 N–H and O–H groups in total. The van der Waals surface area contributed by atoms with Crippen LogP contribution in [-0.2, 0) is 4.74 Å². The Hall–Kier alpha value is -0.100. The van der Waals surface area contributed by atoms with Gasteiger partial charge in [-0.2, -0.15) is 5.10 Å². The van der Waals surface area contributed by atoms with Crippen molar-refractivity contribution in [2.45, 2.75) is 19.9 Å². The van der Waals surface area contributed by atoms with Gasteiger partial charge in [0.25, 0.3) is 0 Å². The van der Waals surface area contributed by atoms with Crippen molar-refractivity contribution in [2.75, 3.05) is 13.7 Å². The summed E-state index contributed by atoms with van der Waals surface area (Å²) in [5.41, 5.74) is 1.22. The highest BCUT2D eigenvalue weighted by atomic mass is 127. The number of hydrogen-bond acceptors (Lipinski definition) is 2. The molecule has 0 spiro atoms. The van der Waals surface area contributed by atoms with Gasteiger partial charge in [0.1, 0.15) is 3.70 Å². The molecular formula is C8H13IN2O. The quantitative estimate of drug-likeness (QED) is 0.792. The van der Waals surface area contributed by atoms with Crippen LogP contribution >= 0.6 is 22.6 Å². The third kappa shape index (κ3) is 2.20. The molecule has 0 bridgehead atoms. The van der Waals surface area contributed by atoms with Gasteiger partial charge in [0.2, 0.25) is 0 Å². The van der Waals surface area contributed by atoms with Gasteiger partial charge in [-0.05, 0) is 36.4 Å². The third-order valence-electron chi connectivity index (χ3n) is 1.71. The Balaban J connectivity index is 2.74. The zero-order chi connectivity index (χ0) is 9.14. The Morgan fingerprint density at radius 3 is 2.83 bits per heavy atom. The smallest absolute Gasteiger partial charge is 0.126 e. The number of nitrogens with zero attached hydrogens (tertiary/aromatic N) is 2. The maximum absolute atomic E-state index is 5.04. The lowest BCUT2D eigenvalue weighted by Gasteiger charge is -2.09. The first kappa shape index (κ1) is 9.98. The fraction of sp³-hybridized carbons (Fsp3) is 0.625. The minimum absolute atomic E-state index is 0.317. The molecule has 0 fully saturated rings. The molecular weight excluding hydrogens is 267 g/mol. The van der Waals surface area contributed by atoms with Crippen molar-refractivity contribution in [3.05, 3.63) is 15.5 Å². The van der Waals surface area contributed by atoms with E-state index >= 15 is 0 Å². The zero-order valence-electron chi connectivity index (χ0n) is 7.54. The first-order valence-corrected chi connectivity index (χ1v) is 4.93. The van der Waals surface area contributed by atoms with E-state index in [1.807, 2.05) is 10.9 Å². The van der Waals surface area contributed by atoms with Gasteiger partial charge < -0.3 is 4.74 Å². The van der Waals surface area contributed by atoms with Crippen LogP contribution in [0.15, 0.2) is 6.20 Å². The minimum Gasteiger partial charge on any atom is -0.382 e. The van der Waals surface area contributed by atoms with E-state index < -0.39 is 0 Å². The van der Waals surface area contributed by atoms with Crippen molar-refractivity contribution in [3.8, 4) is 0 Å². The molecule has 0 saturated carbocycles. The fourth-order valence-corrected chi connectivity index (χ4v) is 1.39. The minimum atomic E-state index is 0.317. The molecule has 0 amide bonds. The summed E-state index contributed by atoms with van der Waals surface area (Å²) in [5, 5.41) is 4.35. The number of methoxy groups -OCH3 is 1. The first-order valence-electron chi connectivity index (χ1n) is 3.85. The molecule has 0 saturated heterocycles. The lowest BCUT2D eigenvalue weighted by Crippen LogP contribution is -2.11. The number of ether oxygens (including phenoxy) is 1. The second kappa shape index (κ2) is 4.23. The highest BCUT2D eigenvalue weighted by Gasteiger charge is 2.07.